The number of amides is 2. The zero-order chi connectivity index (χ0) is 30.5. The Kier molecular flexibility index (Phi) is 9.20. The van der Waals surface area contributed by atoms with Gasteiger partial charge in [0.2, 0.25) is 5.91 Å². The number of aryl methyl sites for hydroxylation is 1. The molecule has 11 heteroatoms. The van der Waals surface area contributed by atoms with E-state index in [-0.39, 0.29) is 23.6 Å². The van der Waals surface area contributed by atoms with Gasteiger partial charge in [-0.2, -0.15) is 0 Å². The van der Waals surface area contributed by atoms with E-state index >= 15 is 0 Å². The summed E-state index contributed by atoms with van der Waals surface area (Å²) in [7, 11) is 4.73. The predicted octanol–water partition coefficient (Wildman–Crippen LogP) is 4.73. The summed E-state index contributed by atoms with van der Waals surface area (Å²) in [4.78, 5) is 30.3. The van der Waals surface area contributed by atoms with Crippen molar-refractivity contribution in [2.45, 2.75) is 25.0 Å². The Hall–Kier alpha value is -4.51. The number of piperazine rings is 1. The fraction of sp³-hybridized carbons (Fsp3) is 0.312. The Balaban J connectivity index is 1.29. The SMILES string of the molecule is COc1ccc(-n2c(SCC(=O)N3CCN(C(=O)c4cc(OC)cc(OC)c4)C(C)C3)nnc2-c2ccc(C)cc2)cc1. The largest absolute Gasteiger partial charge is 0.497 e. The summed E-state index contributed by atoms with van der Waals surface area (Å²) in [6.45, 7) is 5.30. The molecule has 1 atom stereocenters. The maximum atomic E-state index is 13.4. The van der Waals surface area contributed by atoms with Crippen LogP contribution in [-0.2, 0) is 4.79 Å². The van der Waals surface area contributed by atoms with Crippen molar-refractivity contribution in [2.75, 3.05) is 46.7 Å². The summed E-state index contributed by atoms with van der Waals surface area (Å²) < 4.78 is 18.0. The van der Waals surface area contributed by atoms with Crippen LogP contribution in [-0.4, -0.2) is 89.1 Å². The van der Waals surface area contributed by atoms with Gasteiger partial charge in [0.1, 0.15) is 17.2 Å². The molecule has 0 aliphatic carbocycles. The number of thioether (sulfide) groups is 1. The smallest absolute Gasteiger partial charge is 0.254 e. The monoisotopic (exact) mass is 601 g/mol. The van der Waals surface area contributed by atoms with Gasteiger partial charge in [-0.05, 0) is 50.2 Å². The molecule has 2 amide bonds. The van der Waals surface area contributed by atoms with Crippen molar-refractivity contribution in [3.63, 3.8) is 0 Å². The third-order valence-corrected chi connectivity index (χ3v) is 8.35. The summed E-state index contributed by atoms with van der Waals surface area (Å²) in [6, 6.07) is 20.7. The molecular weight excluding hydrogens is 566 g/mol. The van der Waals surface area contributed by atoms with Crippen LogP contribution in [0.2, 0.25) is 0 Å². The first-order valence-corrected chi connectivity index (χ1v) is 14.9. The van der Waals surface area contributed by atoms with Crippen LogP contribution in [0.3, 0.4) is 0 Å². The van der Waals surface area contributed by atoms with Crippen molar-refractivity contribution in [1.29, 1.82) is 0 Å². The number of rotatable bonds is 9. The highest BCUT2D eigenvalue weighted by atomic mass is 32.2. The minimum Gasteiger partial charge on any atom is -0.497 e. The zero-order valence-electron chi connectivity index (χ0n) is 24.9. The van der Waals surface area contributed by atoms with Gasteiger partial charge < -0.3 is 24.0 Å². The molecule has 1 aliphatic heterocycles. The number of carbonyl (C=O) groups excluding carboxylic acids is 2. The van der Waals surface area contributed by atoms with Gasteiger partial charge in [-0.25, -0.2) is 0 Å². The lowest BCUT2D eigenvalue weighted by molar-refractivity contribution is -0.130. The molecule has 2 heterocycles. The summed E-state index contributed by atoms with van der Waals surface area (Å²) in [5.74, 6) is 2.58. The molecule has 3 aromatic carbocycles. The second-order valence-electron chi connectivity index (χ2n) is 10.3. The van der Waals surface area contributed by atoms with Gasteiger partial charge in [0.15, 0.2) is 11.0 Å². The summed E-state index contributed by atoms with van der Waals surface area (Å²) in [5.41, 5.74) is 3.43. The van der Waals surface area contributed by atoms with E-state index in [2.05, 4.69) is 10.2 Å². The van der Waals surface area contributed by atoms with Gasteiger partial charge in [0.25, 0.3) is 5.91 Å². The third-order valence-electron chi connectivity index (χ3n) is 7.44. The minimum atomic E-state index is -0.163. The van der Waals surface area contributed by atoms with E-state index in [4.69, 9.17) is 14.2 Å². The number of carbonyl (C=O) groups is 2. The van der Waals surface area contributed by atoms with Crippen LogP contribution >= 0.6 is 11.8 Å². The summed E-state index contributed by atoms with van der Waals surface area (Å²) >= 11 is 1.34. The highest BCUT2D eigenvalue weighted by Crippen LogP contribution is 2.30. The lowest BCUT2D eigenvalue weighted by atomic mass is 10.1. The summed E-state index contributed by atoms with van der Waals surface area (Å²) in [6.07, 6.45) is 0. The Morgan fingerprint density at radius 2 is 1.51 bits per heavy atom. The Labute approximate surface area is 255 Å². The molecule has 0 spiro atoms. The molecule has 1 unspecified atom stereocenters. The number of ether oxygens (including phenoxy) is 3. The number of methoxy groups -OCH3 is 3. The van der Waals surface area contributed by atoms with Crippen LogP contribution in [0.1, 0.15) is 22.8 Å². The molecule has 0 N–H and O–H groups in total. The van der Waals surface area contributed by atoms with Crippen LogP contribution in [0.25, 0.3) is 17.1 Å². The lowest BCUT2D eigenvalue weighted by Crippen LogP contribution is -2.55. The highest BCUT2D eigenvalue weighted by molar-refractivity contribution is 7.99. The van der Waals surface area contributed by atoms with Crippen LogP contribution in [0, 0.1) is 6.92 Å². The van der Waals surface area contributed by atoms with Gasteiger partial charge >= 0.3 is 0 Å². The Bertz CT molecular complexity index is 1570. The van der Waals surface area contributed by atoms with Crippen molar-refractivity contribution < 1.29 is 23.8 Å². The molecule has 0 bridgehead atoms. The predicted molar refractivity (Wildman–Crippen MR) is 165 cm³/mol. The molecule has 4 aromatic rings. The number of nitrogens with zero attached hydrogens (tertiary/aromatic N) is 5. The first-order chi connectivity index (χ1) is 20.8. The molecule has 0 radical (unpaired) electrons. The highest BCUT2D eigenvalue weighted by Gasteiger charge is 2.31. The van der Waals surface area contributed by atoms with E-state index in [1.165, 1.54) is 11.8 Å². The van der Waals surface area contributed by atoms with Gasteiger partial charge in [-0.3, -0.25) is 14.2 Å². The van der Waals surface area contributed by atoms with E-state index in [1.807, 2.05) is 71.8 Å². The van der Waals surface area contributed by atoms with E-state index in [1.54, 1.807) is 44.4 Å². The van der Waals surface area contributed by atoms with Crippen molar-refractivity contribution in [2.24, 2.45) is 0 Å². The fourth-order valence-corrected chi connectivity index (χ4v) is 5.87. The van der Waals surface area contributed by atoms with E-state index in [0.29, 0.717) is 47.7 Å². The topological polar surface area (TPSA) is 99.0 Å². The molecule has 1 aromatic heterocycles. The minimum absolute atomic E-state index is 0.0202. The van der Waals surface area contributed by atoms with Gasteiger partial charge in [-0.15, -0.1) is 10.2 Å². The van der Waals surface area contributed by atoms with Gasteiger partial charge in [0, 0.05) is 48.6 Å². The van der Waals surface area contributed by atoms with Crippen molar-refractivity contribution >= 4 is 23.6 Å². The zero-order valence-corrected chi connectivity index (χ0v) is 25.8. The third kappa shape index (κ3) is 6.61. The second-order valence-corrected chi connectivity index (χ2v) is 11.2. The van der Waals surface area contributed by atoms with E-state index in [9.17, 15) is 9.59 Å². The van der Waals surface area contributed by atoms with Gasteiger partial charge in [0.05, 0.1) is 27.1 Å². The van der Waals surface area contributed by atoms with Gasteiger partial charge in [-0.1, -0.05) is 41.6 Å². The first-order valence-electron chi connectivity index (χ1n) is 13.9. The quantitative estimate of drug-likeness (QED) is 0.254. The average Bonchev–Trinajstić information content (AvgIpc) is 3.47. The fourth-order valence-electron chi connectivity index (χ4n) is 5.02. The Morgan fingerprint density at radius 1 is 0.860 bits per heavy atom. The van der Waals surface area contributed by atoms with Crippen molar-refractivity contribution in [1.82, 2.24) is 24.6 Å². The van der Waals surface area contributed by atoms with Crippen LogP contribution < -0.4 is 14.2 Å². The molecule has 1 fully saturated rings. The molecule has 224 valence electrons. The molecule has 43 heavy (non-hydrogen) atoms. The number of benzene rings is 3. The second kappa shape index (κ2) is 13.2. The molecule has 1 aliphatic rings. The number of hydrogen-bond acceptors (Lipinski definition) is 8. The number of hydrogen-bond donors (Lipinski definition) is 0. The molecular formula is C32H35N5O5S. The maximum Gasteiger partial charge on any atom is 0.254 e. The van der Waals surface area contributed by atoms with Crippen molar-refractivity contribution in [3.05, 3.63) is 77.9 Å². The van der Waals surface area contributed by atoms with Crippen LogP contribution in [0.5, 0.6) is 17.2 Å². The summed E-state index contributed by atoms with van der Waals surface area (Å²) in [5, 5.41) is 9.57. The first kappa shape index (κ1) is 30.0. The van der Waals surface area contributed by atoms with Crippen LogP contribution in [0.15, 0.2) is 71.9 Å². The molecule has 0 saturated carbocycles. The molecule has 1 saturated heterocycles. The molecule has 5 rings (SSSR count). The lowest BCUT2D eigenvalue weighted by Gasteiger charge is -2.40. The normalized spacial score (nSPS) is 14.9. The average molecular weight is 602 g/mol. The van der Waals surface area contributed by atoms with E-state index in [0.717, 1.165) is 22.6 Å². The number of aromatic nitrogens is 3. The molecule has 10 nitrogen and oxygen atoms in total. The Morgan fingerprint density at radius 3 is 2.12 bits per heavy atom. The van der Waals surface area contributed by atoms with Crippen LogP contribution in [0.4, 0.5) is 0 Å². The standard InChI is InChI=1S/C32H35N5O5S/c1-21-6-8-23(9-7-21)30-33-34-32(37(30)25-10-12-26(40-3)13-11-25)43-20-29(38)35-14-15-36(22(2)19-35)31(39)24-16-27(41-4)18-28(17-24)42-5/h6-13,16-18,22H,14-15,19-20H2,1-5H3. The van der Waals surface area contributed by atoms with E-state index < -0.39 is 0 Å². The maximum absolute atomic E-state index is 13.4. The van der Waals surface area contributed by atoms with Crippen molar-refractivity contribution in [3.8, 4) is 34.3 Å².